The second kappa shape index (κ2) is 4.52. The third kappa shape index (κ3) is 3.49. The van der Waals surface area contributed by atoms with Crippen LogP contribution in [0.3, 0.4) is 0 Å². The van der Waals surface area contributed by atoms with Crippen LogP contribution >= 0.6 is 0 Å². The fourth-order valence-electron chi connectivity index (χ4n) is 1.74. The molecule has 2 atom stereocenters. The smallest absolute Gasteiger partial charge is 0.223 e. The standard InChI is InChI=1S/C12H24N2O/c1-8(9-5-6-9)11(15)14-10(7-13)12(2,3)4/h8-10H,5-7,13H2,1-4H3,(H,14,15). The summed E-state index contributed by atoms with van der Waals surface area (Å²) in [4.78, 5) is 11.9. The normalized spacial score (nSPS) is 20.9. The van der Waals surface area contributed by atoms with E-state index in [1.165, 1.54) is 12.8 Å². The maximum absolute atomic E-state index is 11.9. The molecule has 3 nitrogen and oxygen atoms in total. The summed E-state index contributed by atoms with van der Waals surface area (Å²) < 4.78 is 0. The summed E-state index contributed by atoms with van der Waals surface area (Å²) in [7, 11) is 0. The fraction of sp³-hybridized carbons (Fsp3) is 0.917. The lowest BCUT2D eigenvalue weighted by atomic mass is 9.86. The van der Waals surface area contributed by atoms with Crippen LogP contribution in [0.25, 0.3) is 0 Å². The van der Waals surface area contributed by atoms with Crippen LogP contribution in [0, 0.1) is 17.3 Å². The largest absolute Gasteiger partial charge is 0.351 e. The number of carbonyl (C=O) groups excluding carboxylic acids is 1. The van der Waals surface area contributed by atoms with Gasteiger partial charge in [-0.1, -0.05) is 27.7 Å². The Hall–Kier alpha value is -0.570. The molecule has 0 aliphatic heterocycles. The Morgan fingerprint density at radius 3 is 2.33 bits per heavy atom. The van der Waals surface area contributed by atoms with Gasteiger partial charge < -0.3 is 11.1 Å². The van der Waals surface area contributed by atoms with Crippen LogP contribution in [0.1, 0.15) is 40.5 Å². The molecule has 0 spiro atoms. The van der Waals surface area contributed by atoms with Gasteiger partial charge in [0, 0.05) is 18.5 Å². The Labute approximate surface area is 92.8 Å². The number of nitrogens with two attached hydrogens (primary N) is 1. The van der Waals surface area contributed by atoms with Gasteiger partial charge in [-0.05, 0) is 24.2 Å². The molecule has 1 aliphatic carbocycles. The molecule has 3 heteroatoms. The zero-order valence-corrected chi connectivity index (χ0v) is 10.3. The average molecular weight is 212 g/mol. The van der Waals surface area contributed by atoms with Crippen LogP contribution in [0.15, 0.2) is 0 Å². The van der Waals surface area contributed by atoms with Crippen molar-refractivity contribution < 1.29 is 4.79 Å². The second-order valence-electron chi connectivity index (χ2n) is 5.79. The van der Waals surface area contributed by atoms with Gasteiger partial charge in [0.05, 0.1) is 0 Å². The minimum atomic E-state index is 0.0354. The number of nitrogens with one attached hydrogen (secondary N) is 1. The third-order valence-electron chi connectivity index (χ3n) is 3.34. The maximum atomic E-state index is 11.9. The van der Waals surface area contributed by atoms with Gasteiger partial charge in [0.1, 0.15) is 0 Å². The summed E-state index contributed by atoms with van der Waals surface area (Å²) in [6.45, 7) is 8.83. The number of amides is 1. The summed E-state index contributed by atoms with van der Waals surface area (Å²) in [6, 6.07) is 0.0752. The number of hydrogen-bond donors (Lipinski definition) is 2. The molecule has 0 heterocycles. The van der Waals surface area contributed by atoms with E-state index in [-0.39, 0.29) is 23.3 Å². The maximum Gasteiger partial charge on any atom is 0.223 e. The van der Waals surface area contributed by atoms with E-state index in [2.05, 4.69) is 26.1 Å². The Bertz CT molecular complexity index is 228. The van der Waals surface area contributed by atoms with E-state index in [0.29, 0.717) is 12.5 Å². The Morgan fingerprint density at radius 1 is 1.47 bits per heavy atom. The van der Waals surface area contributed by atoms with Gasteiger partial charge in [0.25, 0.3) is 0 Å². The van der Waals surface area contributed by atoms with E-state index in [1.807, 2.05) is 6.92 Å². The number of carbonyl (C=O) groups is 1. The Kier molecular flexibility index (Phi) is 3.77. The summed E-state index contributed by atoms with van der Waals surface area (Å²) in [5, 5.41) is 3.06. The molecular weight excluding hydrogens is 188 g/mol. The summed E-state index contributed by atoms with van der Waals surface area (Å²) in [5.74, 6) is 0.938. The second-order valence-corrected chi connectivity index (χ2v) is 5.79. The molecule has 0 radical (unpaired) electrons. The Balaban J connectivity index is 2.47. The summed E-state index contributed by atoms with van der Waals surface area (Å²) in [5.41, 5.74) is 5.72. The van der Waals surface area contributed by atoms with E-state index in [0.717, 1.165) is 0 Å². The molecule has 0 bridgehead atoms. The first-order valence-electron chi connectivity index (χ1n) is 5.86. The SMILES string of the molecule is CC(C(=O)NC(CN)C(C)(C)C)C1CC1. The van der Waals surface area contributed by atoms with Crippen LogP contribution in [-0.4, -0.2) is 18.5 Å². The van der Waals surface area contributed by atoms with Gasteiger partial charge >= 0.3 is 0 Å². The number of rotatable bonds is 4. The first kappa shape index (κ1) is 12.5. The van der Waals surface area contributed by atoms with Crippen LogP contribution < -0.4 is 11.1 Å². The van der Waals surface area contributed by atoms with Gasteiger partial charge in [0.15, 0.2) is 0 Å². The molecule has 2 unspecified atom stereocenters. The van der Waals surface area contributed by atoms with Crippen molar-refractivity contribution in [3.63, 3.8) is 0 Å². The lowest BCUT2D eigenvalue weighted by Crippen LogP contribution is -2.50. The third-order valence-corrected chi connectivity index (χ3v) is 3.34. The first-order chi connectivity index (χ1) is 6.86. The highest BCUT2D eigenvalue weighted by Crippen LogP contribution is 2.36. The summed E-state index contributed by atoms with van der Waals surface area (Å²) >= 11 is 0. The van der Waals surface area contributed by atoms with E-state index in [9.17, 15) is 4.79 Å². The Morgan fingerprint density at radius 2 is 2.00 bits per heavy atom. The molecule has 3 N–H and O–H groups in total. The highest BCUT2D eigenvalue weighted by atomic mass is 16.2. The zero-order valence-electron chi connectivity index (χ0n) is 10.3. The van der Waals surface area contributed by atoms with Crippen molar-refractivity contribution in [1.29, 1.82) is 0 Å². The highest BCUT2D eigenvalue weighted by Gasteiger charge is 2.34. The van der Waals surface area contributed by atoms with E-state index in [4.69, 9.17) is 5.73 Å². The molecule has 1 saturated carbocycles. The predicted octanol–water partition coefficient (Wildman–Crippen LogP) is 1.52. The van der Waals surface area contributed by atoms with Crippen molar-refractivity contribution in [3.8, 4) is 0 Å². The quantitative estimate of drug-likeness (QED) is 0.742. The van der Waals surface area contributed by atoms with Crippen molar-refractivity contribution in [2.75, 3.05) is 6.54 Å². The van der Waals surface area contributed by atoms with Gasteiger partial charge in [0.2, 0.25) is 5.91 Å². The van der Waals surface area contributed by atoms with Gasteiger partial charge in [-0.3, -0.25) is 4.79 Å². The van der Waals surface area contributed by atoms with Gasteiger partial charge in [-0.25, -0.2) is 0 Å². The topological polar surface area (TPSA) is 55.1 Å². The molecule has 15 heavy (non-hydrogen) atoms. The molecule has 1 rings (SSSR count). The minimum Gasteiger partial charge on any atom is -0.351 e. The van der Waals surface area contributed by atoms with Crippen LogP contribution in [0.5, 0.6) is 0 Å². The monoisotopic (exact) mass is 212 g/mol. The molecule has 0 saturated heterocycles. The van der Waals surface area contributed by atoms with Crippen molar-refractivity contribution >= 4 is 5.91 Å². The van der Waals surface area contributed by atoms with E-state index < -0.39 is 0 Å². The molecule has 0 aromatic heterocycles. The van der Waals surface area contributed by atoms with Crippen molar-refractivity contribution in [1.82, 2.24) is 5.32 Å². The molecule has 1 amide bonds. The molecule has 88 valence electrons. The summed E-state index contributed by atoms with van der Waals surface area (Å²) in [6.07, 6.45) is 2.41. The van der Waals surface area contributed by atoms with Crippen molar-refractivity contribution in [2.24, 2.45) is 23.0 Å². The molecular formula is C12H24N2O. The van der Waals surface area contributed by atoms with Crippen LogP contribution in [0.2, 0.25) is 0 Å². The van der Waals surface area contributed by atoms with Gasteiger partial charge in [-0.15, -0.1) is 0 Å². The average Bonchev–Trinajstić information content (AvgIpc) is 2.93. The van der Waals surface area contributed by atoms with Crippen LogP contribution in [0.4, 0.5) is 0 Å². The molecule has 1 fully saturated rings. The molecule has 0 aromatic carbocycles. The fourth-order valence-corrected chi connectivity index (χ4v) is 1.74. The minimum absolute atomic E-state index is 0.0354. The van der Waals surface area contributed by atoms with Crippen LogP contribution in [-0.2, 0) is 4.79 Å². The van der Waals surface area contributed by atoms with E-state index in [1.54, 1.807) is 0 Å². The lowest BCUT2D eigenvalue weighted by Gasteiger charge is -2.31. The zero-order chi connectivity index (χ0) is 11.6. The molecule has 1 aliphatic rings. The van der Waals surface area contributed by atoms with Gasteiger partial charge in [-0.2, -0.15) is 0 Å². The highest BCUT2D eigenvalue weighted by molar-refractivity contribution is 5.79. The first-order valence-corrected chi connectivity index (χ1v) is 5.86. The number of hydrogen-bond acceptors (Lipinski definition) is 2. The molecule has 0 aromatic rings. The van der Waals surface area contributed by atoms with Crippen molar-refractivity contribution in [2.45, 2.75) is 46.6 Å². The van der Waals surface area contributed by atoms with E-state index >= 15 is 0 Å². The predicted molar refractivity (Wildman–Crippen MR) is 62.3 cm³/mol. The lowest BCUT2D eigenvalue weighted by molar-refractivity contribution is -0.126. The van der Waals surface area contributed by atoms with Crippen molar-refractivity contribution in [3.05, 3.63) is 0 Å².